The van der Waals surface area contributed by atoms with Gasteiger partial charge in [-0.05, 0) is 43.9 Å². The molecule has 1 aliphatic heterocycles. The highest BCUT2D eigenvalue weighted by Gasteiger charge is 2.31. The van der Waals surface area contributed by atoms with Crippen LogP contribution in [0.5, 0.6) is 0 Å². The highest BCUT2D eigenvalue weighted by Crippen LogP contribution is 2.33. The van der Waals surface area contributed by atoms with Crippen molar-refractivity contribution in [2.24, 2.45) is 5.92 Å². The first-order valence-electron chi connectivity index (χ1n) is 7.49. The van der Waals surface area contributed by atoms with E-state index in [2.05, 4.69) is 69.1 Å². The molecule has 0 aromatic heterocycles. The van der Waals surface area contributed by atoms with E-state index in [4.69, 9.17) is 0 Å². The Balaban J connectivity index is 2.42. The predicted octanol–water partition coefficient (Wildman–Crippen LogP) is 3.63. The van der Waals surface area contributed by atoms with Crippen LogP contribution in [0.25, 0.3) is 0 Å². The molecular weight excluding hydrogens is 232 g/mol. The fourth-order valence-corrected chi connectivity index (χ4v) is 2.99. The third kappa shape index (κ3) is 3.11. The Morgan fingerprint density at radius 1 is 1.26 bits per heavy atom. The zero-order valence-electron chi connectivity index (χ0n) is 13.0. The van der Waals surface area contributed by atoms with Crippen LogP contribution in [-0.2, 0) is 0 Å². The van der Waals surface area contributed by atoms with Crippen LogP contribution in [0.3, 0.4) is 0 Å². The second-order valence-corrected chi connectivity index (χ2v) is 6.87. The van der Waals surface area contributed by atoms with Crippen molar-refractivity contribution in [3.63, 3.8) is 0 Å². The maximum absolute atomic E-state index is 3.59. The van der Waals surface area contributed by atoms with Gasteiger partial charge in [-0.25, -0.2) is 0 Å². The van der Waals surface area contributed by atoms with E-state index in [1.165, 1.54) is 11.3 Å². The van der Waals surface area contributed by atoms with E-state index in [1.54, 1.807) is 0 Å². The molecule has 106 valence electrons. The summed E-state index contributed by atoms with van der Waals surface area (Å²) in [6.45, 7) is 14.9. The Labute approximate surface area is 118 Å². The van der Waals surface area contributed by atoms with Crippen molar-refractivity contribution < 1.29 is 0 Å². The van der Waals surface area contributed by atoms with Gasteiger partial charge in [0, 0.05) is 24.3 Å². The number of hydrogen-bond acceptors (Lipinski definition) is 2. The molecule has 0 aliphatic carbocycles. The summed E-state index contributed by atoms with van der Waals surface area (Å²) in [6, 6.07) is 8.89. The number of para-hydroxylation sites is 1. The second kappa shape index (κ2) is 5.54. The minimum atomic E-state index is 0.162. The molecule has 0 spiro atoms. The molecule has 1 aromatic rings. The number of benzene rings is 1. The summed E-state index contributed by atoms with van der Waals surface area (Å²) in [7, 11) is 0. The van der Waals surface area contributed by atoms with Crippen molar-refractivity contribution in [1.29, 1.82) is 0 Å². The van der Waals surface area contributed by atoms with Crippen LogP contribution in [0.1, 0.15) is 46.1 Å². The van der Waals surface area contributed by atoms with E-state index in [1.807, 2.05) is 0 Å². The van der Waals surface area contributed by atoms with E-state index in [9.17, 15) is 0 Å². The lowest BCUT2D eigenvalue weighted by atomic mass is 9.95. The van der Waals surface area contributed by atoms with Gasteiger partial charge < -0.3 is 10.2 Å². The molecule has 0 amide bonds. The Morgan fingerprint density at radius 3 is 2.63 bits per heavy atom. The molecule has 19 heavy (non-hydrogen) atoms. The van der Waals surface area contributed by atoms with Crippen LogP contribution in [0.15, 0.2) is 24.3 Å². The average molecular weight is 260 g/mol. The highest BCUT2D eigenvalue weighted by molar-refractivity contribution is 5.57. The fourth-order valence-electron chi connectivity index (χ4n) is 2.99. The van der Waals surface area contributed by atoms with Crippen LogP contribution in [0, 0.1) is 5.92 Å². The molecule has 1 fully saturated rings. The lowest BCUT2D eigenvalue weighted by Gasteiger charge is -2.41. The predicted molar refractivity (Wildman–Crippen MR) is 84.0 cm³/mol. The minimum Gasteiger partial charge on any atom is -0.365 e. The molecule has 1 aromatic carbocycles. The maximum Gasteiger partial charge on any atom is 0.0470 e. The van der Waals surface area contributed by atoms with Gasteiger partial charge in [0.2, 0.25) is 0 Å². The zero-order valence-corrected chi connectivity index (χ0v) is 13.0. The summed E-state index contributed by atoms with van der Waals surface area (Å²) >= 11 is 0. The van der Waals surface area contributed by atoms with E-state index in [0.717, 1.165) is 19.6 Å². The summed E-state index contributed by atoms with van der Waals surface area (Å²) in [6.07, 6.45) is 0. The van der Waals surface area contributed by atoms with Crippen molar-refractivity contribution in [2.45, 2.75) is 46.1 Å². The second-order valence-electron chi connectivity index (χ2n) is 6.87. The van der Waals surface area contributed by atoms with E-state index in [0.29, 0.717) is 11.8 Å². The molecule has 1 N–H and O–H groups in total. The molecule has 1 aliphatic rings. The summed E-state index contributed by atoms with van der Waals surface area (Å²) in [5.41, 5.74) is 3.04. The summed E-state index contributed by atoms with van der Waals surface area (Å²) < 4.78 is 0. The van der Waals surface area contributed by atoms with Gasteiger partial charge in [-0.2, -0.15) is 0 Å². The van der Waals surface area contributed by atoms with Crippen molar-refractivity contribution in [3.05, 3.63) is 29.8 Å². The van der Waals surface area contributed by atoms with Crippen LogP contribution >= 0.6 is 0 Å². The topological polar surface area (TPSA) is 15.3 Å². The molecule has 2 rings (SSSR count). The van der Waals surface area contributed by atoms with Crippen LogP contribution in [0.2, 0.25) is 0 Å². The first-order valence-corrected chi connectivity index (χ1v) is 7.49. The average Bonchev–Trinajstić information content (AvgIpc) is 2.48. The van der Waals surface area contributed by atoms with Gasteiger partial charge in [0.15, 0.2) is 0 Å². The van der Waals surface area contributed by atoms with Gasteiger partial charge >= 0.3 is 0 Å². The standard InChI is InChI=1S/C17H28N2/c1-13(2)15-8-6-7-9-16(15)19-11-14(3)10-18-12-17(19,4)5/h6-9,13-14,18H,10-12H2,1-5H3. The first kappa shape index (κ1) is 14.4. The van der Waals surface area contributed by atoms with Gasteiger partial charge in [0.1, 0.15) is 0 Å². The maximum atomic E-state index is 3.59. The molecule has 2 nitrogen and oxygen atoms in total. The van der Waals surface area contributed by atoms with Crippen molar-refractivity contribution in [2.75, 3.05) is 24.5 Å². The summed E-state index contributed by atoms with van der Waals surface area (Å²) in [4.78, 5) is 2.60. The van der Waals surface area contributed by atoms with Crippen LogP contribution < -0.4 is 10.2 Å². The van der Waals surface area contributed by atoms with Gasteiger partial charge in [-0.1, -0.05) is 39.0 Å². The van der Waals surface area contributed by atoms with Gasteiger partial charge in [0.25, 0.3) is 0 Å². The Morgan fingerprint density at radius 2 is 1.95 bits per heavy atom. The van der Waals surface area contributed by atoms with Crippen molar-refractivity contribution in [1.82, 2.24) is 5.32 Å². The zero-order chi connectivity index (χ0) is 14.0. The van der Waals surface area contributed by atoms with E-state index in [-0.39, 0.29) is 5.54 Å². The molecular formula is C17H28N2. The molecule has 2 heteroatoms. The molecule has 1 saturated heterocycles. The van der Waals surface area contributed by atoms with E-state index >= 15 is 0 Å². The van der Waals surface area contributed by atoms with Crippen molar-refractivity contribution in [3.8, 4) is 0 Å². The fraction of sp³-hybridized carbons (Fsp3) is 0.647. The molecule has 0 radical (unpaired) electrons. The largest absolute Gasteiger partial charge is 0.365 e. The first-order chi connectivity index (χ1) is 8.92. The normalized spacial score (nSPS) is 23.5. The Bertz CT molecular complexity index is 423. The monoisotopic (exact) mass is 260 g/mol. The molecule has 1 heterocycles. The molecule has 0 bridgehead atoms. The minimum absolute atomic E-state index is 0.162. The van der Waals surface area contributed by atoms with E-state index < -0.39 is 0 Å². The lowest BCUT2D eigenvalue weighted by molar-refractivity contribution is 0.458. The Hall–Kier alpha value is -1.02. The van der Waals surface area contributed by atoms with Crippen LogP contribution in [-0.4, -0.2) is 25.2 Å². The van der Waals surface area contributed by atoms with Gasteiger partial charge in [0.05, 0.1) is 0 Å². The van der Waals surface area contributed by atoms with Gasteiger partial charge in [-0.15, -0.1) is 0 Å². The third-order valence-electron chi connectivity index (χ3n) is 4.12. The van der Waals surface area contributed by atoms with Crippen LogP contribution in [0.4, 0.5) is 5.69 Å². The third-order valence-corrected chi connectivity index (χ3v) is 4.12. The SMILES string of the molecule is CC1CNCC(C)(C)N(c2ccccc2C(C)C)C1. The highest BCUT2D eigenvalue weighted by atomic mass is 15.2. The summed E-state index contributed by atoms with van der Waals surface area (Å²) in [5.74, 6) is 1.25. The number of nitrogens with zero attached hydrogens (tertiary/aromatic N) is 1. The van der Waals surface area contributed by atoms with Gasteiger partial charge in [-0.3, -0.25) is 0 Å². The summed E-state index contributed by atoms with van der Waals surface area (Å²) in [5, 5.41) is 3.59. The number of anilines is 1. The Kier molecular flexibility index (Phi) is 4.19. The number of nitrogens with one attached hydrogen (secondary N) is 1. The molecule has 1 atom stereocenters. The number of hydrogen-bond donors (Lipinski definition) is 1. The lowest BCUT2D eigenvalue weighted by Crippen LogP contribution is -2.49. The smallest absolute Gasteiger partial charge is 0.0470 e. The molecule has 0 saturated carbocycles. The molecule has 1 unspecified atom stereocenters. The van der Waals surface area contributed by atoms with Crippen molar-refractivity contribution >= 4 is 5.69 Å². The quantitative estimate of drug-likeness (QED) is 0.873. The number of rotatable bonds is 2.